The van der Waals surface area contributed by atoms with Crippen LogP contribution in [0.15, 0.2) is 10.2 Å². The summed E-state index contributed by atoms with van der Waals surface area (Å²) in [7, 11) is 0. The molecule has 0 heterocycles. The third-order valence-electron chi connectivity index (χ3n) is 0.565. The number of carbonyl (C=O) groups is 1. The molecule has 0 bridgehead atoms. The van der Waals surface area contributed by atoms with Crippen LogP contribution in [0.5, 0.6) is 0 Å². The van der Waals surface area contributed by atoms with E-state index in [4.69, 9.17) is 0 Å². The van der Waals surface area contributed by atoms with Crippen molar-refractivity contribution < 1.29 is 4.79 Å². The molecule has 1 amide bonds. The van der Waals surface area contributed by atoms with Crippen LogP contribution in [-0.2, 0) is 4.79 Å². The van der Waals surface area contributed by atoms with Gasteiger partial charge in [-0.05, 0) is 11.0 Å². The molecule has 0 aromatic rings. The summed E-state index contributed by atoms with van der Waals surface area (Å²) in [6, 6.07) is 0. The highest BCUT2D eigenvalue weighted by molar-refractivity contribution is 14.1. The second kappa shape index (κ2) is 5.08. The fourth-order valence-corrected chi connectivity index (χ4v) is 0.617. The Morgan fingerprint density at radius 2 is 2.50 bits per heavy atom. The average Bonchev–Trinajstić information content (AvgIpc) is 1.68. The molecule has 0 aromatic carbocycles. The molecule has 8 heavy (non-hydrogen) atoms. The predicted octanol–water partition coefficient (Wildman–Crippen LogP) is 1.07. The van der Waals surface area contributed by atoms with Crippen LogP contribution >= 0.6 is 22.6 Å². The molecule has 0 radical (unpaired) electrons. The van der Waals surface area contributed by atoms with Crippen molar-refractivity contribution >= 4 is 28.5 Å². The van der Waals surface area contributed by atoms with Crippen LogP contribution in [0.2, 0.25) is 0 Å². The summed E-state index contributed by atoms with van der Waals surface area (Å²) in [6.45, 7) is 2.58. The maximum absolute atomic E-state index is 10.4. The van der Waals surface area contributed by atoms with Gasteiger partial charge in [0.05, 0.1) is 0 Å². The van der Waals surface area contributed by atoms with Crippen LogP contribution in [-0.4, -0.2) is 12.5 Å². The number of likely N-dealkylation sites (N-methyl/N-ethyl adjacent to an activating group) is 1. The Bertz CT molecular complexity index is 101. The Labute approximate surface area is 62.5 Å². The first kappa shape index (κ1) is 7.94. The number of hydrogen-bond donors (Lipinski definition) is 1. The summed E-state index contributed by atoms with van der Waals surface area (Å²) in [5.41, 5.74) is 0. The van der Waals surface area contributed by atoms with Crippen LogP contribution in [0.4, 0.5) is 0 Å². The lowest BCUT2D eigenvalue weighted by molar-refractivity contribution is -0.116. The number of halogens is 1. The van der Waals surface area contributed by atoms with E-state index in [-0.39, 0.29) is 5.91 Å². The van der Waals surface area contributed by atoms with Crippen LogP contribution < -0.4 is 5.32 Å². The highest BCUT2D eigenvalue weighted by Gasteiger charge is 1.86. The maximum atomic E-state index is 10.4. The van der Waals surface area contributed by atoms with Gasteiger partial charge in [-0.15, -0.1) is 0 Å². The van der Waals surface area contributed by atoms with Gasteiger partial charge in [0.1, 0.15) is 0 Å². The zero-order valence-electron chi connectivity index (χ0n) is 4.65. The first-order chi connectivity index (χ1) is 3.81. The quantitative estimate of drug-likeness (QED) is 0.552. The molecule has 0 fully saturated rings. The smallest absolute Gasteiger partial charge is 0.244 e. The van der Waals surface area contributed by atoms with E-state index in [9.17, 15) is 4.79 Å². The Morgan fingerprint density at radius 1 is 1.88 bits per heavy atom. The zero-order valence-corrected chi connectivity index (χ0v) is 6.81. The number of carbonyl (C=O) groups excluding carboxylic acids is 1. The van der Waals surface area contributed by atoms with Crippen LogP contribution in [0.25, 0.3) is 0 Å². The number of amides is 1. The van der Waals surface area contributed by atoms with Crippen molar-refractivity contribution in [2.24, 2.45) is 0 Å². The Hall–Kier alpha value is -0.0600. The van der Waals surface area contributed by atoms with Crippen LogP contribution in [0, 0.1) is 0 Å². The van der Waals surface area contributed by atoms with Crippen LogP contribution in [0.3, 0.4) is 0 Å². The summed E-state index contributed by atoms with van der Waals surface area (Å²) >= 11 is 2.00. The van der Waals surface area contributed by atoms with E-state index < -0.39 is 0 Å². The van der Waals surface area contributed by atoms with Crippen molar-refractivity contribution in [1.82, 2.24) is 5.32 Å². The lowest BCUT2D eigenvalue weighted by Crippen LogP contribution is -2.19. The molecule has 0 atom stereocenters. The molecule has 0 aromatic heterocycles. The molecule has 46 valence electrons. The summed E-state index contributed by atoms with van der Waals surface area (Å²) in [5, 5.41) is 2.62. The summed E-state index contributed by atoms with van der Waals surface area (Å²) in [4.78, 5) is 10.4. The van der Waals surface area contributed by atoms with Crippen molar-refractivity contribution in [3.05, 3.63) is 10.2 Å². The molecule has 0 aliphatic heterocycles. The Morgan fingerprint density at radius 3 is 2.88 bits per heavy atom. The first-order valence-corrected chi connectivity index (χ1v) is 3.60. The van der Waals surface area contributed by atoms with Gasteiger partial charge in [-0.3, -0.25) is 4.79 Å². The highest BCUT2D eigenvalue weighted by Crippen LogP contribution is 1.81. The minimum absolute atomic E-state index is 0.0260. The Balaban J connectivity index is 3.33. The van der Waals surface area contributed by atoms with Crippen molar-refractivity contribution in [3.63, 3.8) is 0 Å². The molecule has 1 N–H and O–H groups in total. The van der Waals surface area contributed by atoms with Gasteiger partial charge in [-0.1, -0.05) is 22.6 Å². The van der Waals surface area contributed by atoms with Gasteiger partial charge >= 0.3 is 0 Å². The van der Waals surface area contributed by atoms with Gasteiger partial charge in [0.15, 0.2) is 0 Å². The molecule has 0 saturated heterocycles. The SMILES string of the molecule is CCNC(=O)/C=C/I. The van der Waals surface area contributed by atoms with E-state index in [0.717, 1.165) is 0 Å². The largest absolute Gasteiger partial charge is 0.353 e. The standard InChI is InChI=1S/C5H8INO/c1-2-7-5(8)3-4-6/h3-4H,2H2,1H3,(H,7,8)/b4-3+. The summed E-state index contributed by atoms with van der Waals surface area (Å²) < 4.78 is 1.68. The topological polar surface area (TPSA) is 29.1 Å². The summed E-state index contributed by atoms with van der Waals surface area (Å²) in [6.07, 6.45) is 1.49. The van der Waals surface area contributed by atoms with Crippen molar-refractivity contribution in [3.8, 4) is 0 Å². The van der Waals surface area contributed by atoms with E-state index >= 15 is 0 Å². The van der Waals surface area contributed by atoms with Crippen LogP contribution in [0.1, 0.15) is 6.92 Å². The van der Waals surface area contributed by atoms with Crippen molar-refractivity contribution in [2.75, 3.05) is 6.54 Å². The average molecular weight is 225 g/mol. The molecular formula is C5H8INO. The van der Waals surface area contributed by atoms with Gasteiger partial charge in [0, 0.05) is 12.6 Å². The van der Waals surface area contributed by atoms with Gasteiger partial charge < -0.3 is 5.32 Å². The lowest BCUT2D eigenvalue weighted by Gasteiger charge is -1.91. The van der Waals surface area contributed by atoms with E-state index in [1.807, 2.05) is 29.5 Å². The lowest BCUT2D eigenvalue weighted by atomic mass is 10.6. The minimum Gasteiger partial charge on any atom is -0.353 e. The molecule has 3 heteroatoms. The fraction of sp³-hybridized carbons (Fsp3) is 0.400. The normalized spacial score (nSPS) is 9.75. The number of nitrogens with one attached hydrogen (secondary N) is 1. The van der Waals surface area contributed by atoms with E-state index in [2.05, 4.69) is 5.32 Å². The molecule has 0 rings (SSSR count). The zero-order chi connectivity index (χ0) is 6.41. The molecule has 2 nitrogen and oxygen atoms in total. The van der Waals surface area contributed by atoms with E-state index in [1.54, 1.807) is 4.08 Å². The third kappa shape index (κ3) is 4.11. The first-order valence-electron chi connectivity index (χ1n) is 2.36. The fourth-order valence-electron chi connectivity index (χ4n) is 0.290. The number of rotatable bonds is 2. The van der Waals surface area contributed by atoms with Gasteiger partial charge in [0.2, 0.25) is 5.91 Å². The van der Waals surface area contributed by atoms with Crippen molar-refractivity contribution in [2.45, 2.75) is 6.92 Å². The molecule has 0 aliphatic carbocycles. The van der Waals surface area contributed by atoms with Crippen molar-refractivity contribution in [1.29, 1.82) is 0 Å². The van der Waals surface area contributed by atoms with E-state index in [1.165, 1.54) is 6.08 Å². The van der Waals surface area contributed by atoms with Gasteiger partial charge in [-0.25, -0.2) is 0 Å². The van der Waals surface area contributed by atoms with Gasteiger partial charge in [0.25, 0.3) is 0 Å². The molecular weight excluding hydrogens is 217 g/mol. The highest BCUT2D eigenvalue weighted by atomic mass is 127. The second-order valence-corrected chi connectivity index (χ2v) is 1.91. The molecule has 0 saturated carbocycles. The summed E-state index contributed by atoms with van der Waals surface area (Å²) in [5.74, 6) is -0.0260. The molecule has 0 aliphatic rings. The minimum atomic E-state index is -0.0260. The predicted molar refractivity (Wildman–Crippen MR) is 41.8 cm³/mol. The van der Waals surface area contributed by atoms with Gasteiger partial charge in [-0.2, -0.15) is 0 Å². The number of hydrogen-bond acceptors (Lipinski definition) is 1. The molecule has 0 unspecified atom stereocenters. The maximum Gasteiger partial charge on any atom is 0.244 e. The Kier molecular flexibility index (Phi) is 5.05. The monoisotopic (exact) mass is 225 g/mol. The molecule has 0 spiro atoms. The van der Waals surface area contributed by atoms with E-state index in [0.29, 0.717) is 6.54 Å². The second-order valence-electron chi connectivity index (χ2n) is 1.19. The third-order valence-corrected chi connectivity index (χ3v) is 0.925.